The Kier molecular flexibility index (Phi) is 16.9. The lowest BCUT2D eigenvalue weighted by Gasteiger charge is -2.05. The molecular formula is C18H39P. The summed E-state index contributed by atoms with van der Waals surface area (Å²) in [5.41, 5.74) is 0. The number of rotatable bonds is 0. The molecule has 3 saturated carbocycles. The zero-order chi connectivity index (χ0) is 12.7. The van der Waals surface area contributed by atoms with Crippen LogP contribution in [0.4, 0.5) is 0 Å². The van der Waals surface area contributed by atoms with Crippen LogP contribution < -0.4 is 0 Å². The summed E-state index contributed by atoms with van der Waals surface area (Å²) in [4.78, 5) is 0. The Hall–Kier alpha value is 0.430. The molecule has 116 valence electrons. The van der Waals surface area contributed by atoms with Crippen molar-refractivity contribution < 1.29 is 0 Å². The van der Waals surface area contributed by atoms with E-state index in [1.807, 2.05) is 0 Å². The summed E-state index contributed by atoms with van der Waals surface area (Å²) < 4.78 is 0. The van der Waals surface area contributed by atoms with Gasteiger partial charge in [-0.15, -0.1) is 0 Å². The smallest absolute Gasteiger partial charge is 0.0533 e. The van der Waals surface area contributed by atoms with Crippen molar-refractivity contribution in [2.75, 3.05) is 0 Å². The van der Waals surface area contributed by atoms with Crippen LogP contribution in [0.5, 0.6) is 0 Å². The third-order valence-corrected chi connectivity index (χ3v) is 4.50. The van der Waals surface area contributed by atoms with Crippen LogP contribution in [0.15, 0.2) is 0 Å². The van der Waals surface area contributed by atoms with E-state index in [9.17, 15) is 0 Å². The summed E-state index contributed by atoms with van der Waals surface area (Å²) in [6, 6.07) is 0. The molecule has 1 heteroatoms. The number of hydrogen-bond donors (Lipinski definition) is 0. The van der Waals surface area contributed by atoms with E-state index in [0.29, 0.717) is 0 Å². The molecule has 0 aliphatic heterocycles. The Balaban J connectivity index is 0.000000249. The lowest BCUT2D eigenvalue weighted by molar-refractivity contribution is 0.504. The Bertz CT molecular complexity index is 80.7. The fraction of sp³-hybridized carbons (Fsp3) is 1.00. The molecule has 0 saturated heterocycles. The SMILES string of the molecule is C1CCCCC1.C1CCCCC1.C1CCCCC1.P. The molecule has 0 aromatic carbocycles. The van der Waals surface area contributed by atoms with Gasteiger partial charge in [0.2, 0.25) is 0 Å². The molecule has 0 radical (unpaired) electrons. The van der Waals surface area contributed by atoms with Crippen LogP contribution in [0.1, 0.15) is 116 Å². The molecule has 0 spiro atoms. The van der Waals surface area contributed by atoms with Crippen molar-refractivity contribution in [2.45, 2.75) is 116 Å². The molecule has 0 bridgehead atoms. The van der Waals surface area contributed by atoms with E-state index in [1.165, 1.54) is 116 Å². The Morgan fingerprint density at radius 3 is 0.263 bits per heavy atom. The van der Waals surface area contributed by atoms with Gasteiger partial charge < -0.3 is 0 Å². The molecule has 3 fully saturated rings. The highest BCUT2D eigenvalue weighted by molar-refractivity contribution is 6.92. The van der Waals surface area contributed by atoms with Crippen LogP contribution in [0.25, 0.3) is 0 Å². The van der Waals surface area contributed by atoms with Crippen LogP contribution in [0.2, 0.25) is 0 Å². The summed E-state index contributed by atoms with van der Waals surface area (Å²) in [5, 5.41) is 0. The van der Waals surface area contributed by atoms with Gasteiger partial charge in [0.25, 0.3) is 0 Å². The van der Waals surface area contributed by atoms with E-state index in [4.69, 9.17) is 0 Å². The highest BCUT2D eigenvalue weighted by Gasteiger charge is 1.96. The first-order valence-corrected chi connectivity index (χ1v) is 9.00. The Morgan fingerprint density at radius 1 is 0.158 bits per heavy atom. The molecule has 3 aliphatic rings. The first-order valence-electron chi connectivity index (χ1n) is 9.00. The van der Waals surface area contributed by atoms with E-state index < -0.39 is 0 Å². The summed E-state index contributed by atoms with van der Waals surface area (Å²) >= 11 is 0. The van der Waals surface area contributed by atoms with Gasteiger partial charge in [0.1, 0.15) is 0 Å². The molecule has 19 heavy (non-hydrogen) atoms. The van der Waals surface area contributed by atoms with Crippen LogP contribution in [0, 0.1) is 0 Å². The van der Waals surface area contributed by atoms with Gasteiger partial charge in [0, 0.05) is 0 Å². The van der Waals surface area contributed by atoms with Gasteiger partial charge in [0.15, 0.2) is 0 Å². The molecule has 0 amide bonds. The topological polar surface area (TPSA) is 0 Å². The molecule has 1 unspecified atom stereocenters. The zero-order valence-electron chi connectivity index (χ0n) is 13.4. The van der Waals surface area contributed by atoms with E-state index in [2.05, 4.69) is 0 Å². The van der Waals surface area contributed by atoms with Crippen molar-refractivity contribution in [1.82, 2.24) is 0 Å². The van der Waals surface area contributed by atoms with Gasteiger partial charge in [-0.25, -0.2) is 0 Å². The lowest BCUT2D eigenvalue weighted by atomic mass is 10.0. The highest BCUT2D eigenvalue weighted by atomic mass is 31.0. The van der Waals surface area contributed by atoms with Gasteiger partial charge in [-0.1, -0.05) is 116 Å². The summed E-state index contributed by atoms with van der Waals surface area (Å²) in [5.74, 6) is 0. The molecule has 3 aliphatic carbocycles. The minimum atomic E-state index is 0. The van der Waals surface area contributed by atoms with Gasteiger partial charge in [-0.3, -0.25) is 0 Å². The second-order valence-electron chi connectivity index (χ2n) is 6.36. The Labute approximate surface area is 126 Å². The van der Waals surface area contributed by atoms with Crippen LogP contribution >= 0.6 is 9.90 Å². The predicted molar refractivity (Wildman–Crippen MR) is 94.2 cm³/mol. The van der Waals surface area contributed by atoms with Crippen LogP contribution in [-0.4, -0.2) is 0 Å². The second-order valence-corrected chi connectivity index (χ2v) is 6.36. The van der Waals surface area contributed by atoms with Crippen LogP contribution in [-0.2, 0) is 0 Å². The van der Waals surface area contributed by atoms with Crippen molar-refractivity contribution in [1.29, 1.82) is 0 Å². The third kappa shape index (κ3) is 14.6. The molecule has 0 aromatic rings. The normalized spacial score (nSPS) is 22.7. The minimum Gasteiger partial charge on any atom is -0.153 e. The van der Waals surface area contributed by atoms with Gasteiger partial charge in [-0.2, -0.15) is 9.90 Å². The quantitative estimate of drug-likeness (QED) is 0.417. The van der Waals surface area contributed by atoms with Crippen molar-refractivity contribution in [3.8, 4) is 0 Å². The van der Waals surface area contributed by atoms with E-state index in [-0.39, 0.29) is 9.90 Å². The summed E-state index contributed by atoms with van der Waals surface area (Å²) in [6.45, 7) is 0. The zero-order valence-corrected chi connectivity index (χ0v) is 14.8. The maximum atomic E-state index is 1.50. The predicted octanol–water partition coefficient (Wildman–Crippen LogP) is 7.08. The largest absolute Gasteiger partial charge is 0.153 e. The molecule has 3 rings (SSSR count). The van der Waals surface area contributed by atoms with Crippen molar-refractivity contribution in [3.63, 3.8) is 0 Å². The molecular weight excluding hydrogens is 247 g/mol. The van der Waals surface area contributed by atoms with E-state index in [0.717, 1.165) is 0 Å². The molecule has 0 heterocycles. The summed E-state index contributed by atoms with van der Waals surface area (Å²) in [7, 11) is 0. The van der Waals surface area contributed by atoms with Gasteiger partial charge in [0.05, 0.1) is 0 Å². The molecule has 0 nitrogen and oxygen atoms in total. The van der Waals surface area contributed by atoms with Gasteiger partial charge >= 0.3 is 0 Å². The third-order valence-electron chi connectivity index (χ3n) is 4.50. The molecule has 0 N–H and O–H groups in total. The lowest BCUT2D eigenvalue weighted by Crippen LogP contribution is -1.85. The van der Waals surface area contributed by atoms with Crippen LogP contribution in [0.3, 0.4) is 0 Å². The highest BCUT2D eigenvalue weighted by Crippen LogP contribution is 2.16. The molecule has 0 aromatic heterocycles. The van der Waals surface area contributed by atoms with Crippen molar-refractivity contribution in [2.24, 2.45) is 0 Å². The average Bonchev–Trinajstić information content (AvgIpc) is 2.54. The standard InChI is InChI=1S/3C6H12.H3P/c3*1-2-4-6-5-3-1;/h3*1-6H2;1H3. The summed E-state index contributed by atoms with van der Waals surface area (Å²) in [6.07, 6.45) is 27.0. The average molecular weight is 286 g/mol. The fourth-order valence-electron chi connectivity index (χ4n) is 3.18. The van der Waals surface area contributed by atoms with Crippen molar-refractivity contribution >= 4 is 9.90 Å². The second kappa shape index (κ2) is 16.5. The number of hydrogen-bond acceptors (Lipinski definition) is 0. The van der Waals surface area contributed by atoms with Gasteiger partial charge in [-0.05, 0) is 0 Å². The fourth-order valence-corrected chi connectivity index (χ4v) is 3.18. The molecule has 1 atom stereocenters. The van der Waals surface area contributed by atoms with E-state index >= 15 is 0 Å². The maximum Gasteiger partial charge on any atom is -0.0533 e. The minimum absolute atomic E-state index is 0. The van der Waals surface area contributed by atoms with E-state index in [1.54, 1.807) is 0 Å². The van der Waals surface area contributed by atoms with Crippen molar-refractivity contribution in [3.05, 3.63) is 0 Å². The Morgan fingerprint density at radius 2 is 0.211 bits per heavy atom. The first-order chi connectivity index (χ1) is 9.00. The first kappa shape index (κ1) is 19.4. The monoisotopic (exact) mass is 286 g/mol. The maximum absolute atomic E-state index is 1.50.